The molecule has 1 heterocycles. The smallest absolute Gasteiger partial charge is 0.250 e. The van der Waals surface area contributed by atoms with Gasteiger partial charge in [-0.25, -0.2) is 10.4 Å². The minimum Gasteiger partial charge on any atom is -0.489 e. The van der Waals surface area contributed by atoms with Crippen LogP contribution in [0.1, 0.15) is 11.1 Å². The Morgan fingerprint density at radius 1 is 1.09 bits per heavy atom. The summed E-state index contributed by atoms with van der Waals surface area (Å²) < 4.78 is 7.69. The molecule has 0 aliphatic rings. The lowest BCUT2D eigenvalue weighted by atomic mass is 10.2. The number of halogens is 1. The molecule has 0 saturated carbocycles. The van der Waals surface area contributed by atoms with Crippen molar-refractivity contribution in [3.05, 3.63) is 99.8 Å². The van der Waals surface area contributed by atoms with Crippen molar-refractivity contribution in [3.63, 3.8) is 0 Å². The molecule has 1 amide bonds. The number of hydrogen-bond donors (Lipinski definition) is 1. The van der Waals surface area contributed by atoms with E-state index in [1.807, 2.05) is 84.2 Å². The van der Waals surface area contributed by atoms with Gasteiger partial charge < -0.3 is 4.74 Å². The number of thiazole rings is 1. The van der Waals surface area contributed by atoms with Crippen molar-refractivity contribution in [1.82, 2.24) is 10.4 Å². The first-order valence-electron chi connectivity index (χ1n) is 10.1. The Hall–Kier alpha value is -2.94. The summed E-state index contributed by atoms with van der Waals surface area (Å²) >= 11 is 6.39. The zero-order chi connectivity index (χ0) is 22.9. The van der Waals surface area contributed by atoms with Crippen molar-refractivity contribution in [2.45, 2.75) is 10.9 Å². The van der Waals surface area contributed by atoms with Crippen molar-refractivity contribution in [3.8, 4) is 17.0 Å². The van der Waals surface area contributed by atoms with Gasteiger partial charge in [0, 0.05) is 15.4 Å². The Labute approximate surface area is 209 Å². The van der Waals surface area contributed by atoms with Gasteiger partial charge in [-0.3, -0.25) is 4.79 Å². The highest BCUT2D eigenvalue weighted by atomic mass is 79.9. The number of hydrogen-bond acceptors (Lipinski definition) is 6. The first-order valence-corrected chi connectivity index (χ1v) is 12.7. The maximum absolute atomic E-state index is 12.1. The Morgan fingerprint density at radius 3 is 2.70 bits per heavy atom. The molecular weight excluding hydrogens is 518 g/mol. The van der Waals surface area contributed by atoms with E-state index in [2.05, 4.69) is 31.4 Å². The topological polar surface area (TPSA) is 63.6 Å². The number of ether oxygens (including phenoxy) is 1. The molecule has 0 radical (unpaired) electrons. The Bertz CT molecular complexity index is 1230. The minimum atomic E-state index is -0.179. The van der Waals surface area contributed by atoms with Gasteiger partial charge in [-0.05, 0) is 47.5 Å². The Kier molecular flexibility index (Phi) is 8.30. The van der Waals surface area contributed by atoms with Gasteiger partial charge >= 0.3 is 0 Å². The van der Waals surface area contributed by atoms with Crippen LogP contribution in [0.4, 0.5) is 0 Å². The molecule has 0 bridgehead atoms. The van der Waals surface area contributed by atoms with Crippen molar-refractivity contribution in [1.29, 1.82) is 0 Å². The molecule has 4 aromatic rings. The SMILES string of the molecule is O=C(CSc1nc(-c2ccccc2)cs1)N/N=C/c1ccc(OCc2cccc(Br)c2)cc1. The number of amides is 1. The molecule has 4 rings (SSSR count). The van der Waals surface area contributed by atoms with Crippen molar-refractivity contribution in [2.75, 3.05) is 5.75 Å². The molecule has 0 aliphatic carbocycles. The minimum absolute atomic E-state index is 0.179. The van der Waals surface area contributed by atoms with Gasteiger partial charge in [-0.15, -0.1) is 11.3 Å². The van der Waals surface area contributed by atoms with Crippen LogP contribution in [-0.4, -0.2) is 22.9 Å². The largest absolute Gasteiger partial charge is 0.489 e. The lowest BCUT2D eigenvalue weighted by Gasteiger charge is -2.06. The highest BCUT2D eigenvalue weighted by molar-refractivity contribution is 9.10. The van der Waals surface area contributed by atoms with E-state index in [0.29, 0.717) is 6.61 Å². The Morgan fingerprint density at radius 2 is 1.91 bits per heavy atom. The quantitative estimate of drug-likeness (QED) is 0.152. The second kappa shape index (κ2) is 11.8. The third-order valence-corrected chi connectivity index (χ3v) is 6.97. The van der Waals surface area contributed by atoms with Gasteiger partial charge in [0.15, 0.2) is 4.34 Å². The molecule has 3 aromatic carbocycles. The van der Waals surface area contributed by atoms with Crippen LogP contribution in [0.15, 0.2) is 98.2 Å². The second-order valence-electron chi connectivity index (χ2n) is 6.93. The van der Waals surface area contributed by atoms with Crippen LogP contribution in [0.5, 0.6) is 5.75 Å². The molecule has 33 heavy (non-hydrogen) atoms. The number of thioether (sulfide) groups is 1. The molecule has 5 nitrogen and oxygen atoms in total. The van der Waals surface area contributed by atoms with Gasteiger partial charge in [0.05, 0.1) is 17.7 Å². The average molecular weight is 538 g/mol. The van der Waals surface area contributed by atoms with Crippen LogP contribution in [-0.2, 0) is 11.4 Å². The molecule has 0 spiro atoms. The fourth-order valence-electron chi connectivity index (χ4n) is 2.85. The zero-order valence-corrected chi connectivity index (χ0v) is 20.7. The predicted octanol–water partition coefficient (Wildman–Crippen LogP) is 6.39. The van der Waals surface area contributed by atoms with Gasteiger partial charge in [-0.2, -0.15) is 5.10 Å². The van der Waals surface area contributed by atoms with Crippen LogP contribution < -0.4 is 10.2 Å². The van der Waals surface area contributed by atoms with Crippen molar-refractivity contribution >= 4 is 51.2 Å². The number of carbonyl (C=O) groups excluding carboxylic acids is 1. The molecule has 8 heteroatoms. The molecule has 0 saturated heterocycles. The van der Waals surface area contributed by atoms with E-state index in [9.17, 15) is 4.79 Å². The molecule has 0 unspecified atom stereocenters. The van der Waals surface area contributed by atoms with E-state index in [-0.39, 0.29) is 11.7 Å². The fraction of sp³-hybridized carbons (Fsp3) is 0.0800. The van der Waals surface area contributed by atoms with Crippen LogP contribution in [0, 0.1) is 0 Å². The van der Waals surface area contributed by atoms with E-state index in [1.54, 1.807) is 6.21 Å². The Balaban J connectivity index is 1.20. The summed E-state index contributed by atoms with van der Waals surface area (Å²) in [4.78, 5) is 16.7. The normalized spacial score (nSPS) is 10.9. The summed E-state index contributed by atoms with van der Waals surface area (Å²) in [5, 5.41) is 6.04. The predicted molar refractivity (Wildman–Crippen MR) is 139 cm³/mol. The maximum Gasteiger partial charge on any atom is 0.250 e. The first-order chi connectivity index (χ1) is 16.2. The summed E-state index contributed by atoms with van der Waals surface area (Å²) in [7, 11) is 0. The number of hydrazone groups is 1. The fourth-order valence-corrected chi connectivity index (χ4v) is 4.92. The lowest BCUT2D eigenvalue weighted by Crippen LogP contribution is -2.19. The van der Waals surface area contributed by atoms with Gasteiger partial charge in [-0.1, -0.05) is 70.2 Å². The van der Waals surface area contributed by atoms with E-state index in [4.69, 9.17) is 4.74 Å². The van der Waals surface area contributed by atoms with Crippen molar-refractivity contribution in [2.24, 2.45) is 5.10 Å². The van der Waals surface area contributed by atoms with Crippen LogP contribution in [0.25, 0.3) is 11.3 Å². The van der Waals surface area contributed by atoms with E-state index < -0.39 is 0 Å². The molecule has 1 N–H and O–H groups in total. The highest BCUT2D eigenvalue weighted by Crippen LogP contribution is 2.28. The van der Waals surface area contributed by atoms with Crippen molar-refractivity contribution < 1.29 is 9.53 Å². The average Bonchev–Trinajstić information content (AvgIpc) is 3.32. The third-order valence-electron chi connectivity index (χ3n) is 4.46. The lowest BCUT2D eigenvalue weighted by molar-refractivity contribution is -0.118. The summed E-state index contributed by atoms with van der Waals surface area (Å²) in [6, 6.07) is 25.5. The van der Waals surface area contributed by atoms with Crippen LogP contribution in [0.3, 0.4) is 0 Å². The number of carbonyl (C=O) groups is 1. The molecule has 0 aliphatic heterocycles. The summed E-state index contributed by atoms with van der Waals surface area (Å²) in [5.41, 5.74) is 6.50. The number of rotatable bonds is 9. The third kappa shape index (κ3) is 7.28. The van der Waals surface area contributed by atoms with Gasteiger partial charge in [0.25, 0.3) is 5.91 Å². The number of nitrogens with zero attached hydrogens (tertiary/aromatic N) is 2. The number of nitrogens with one attached hydrogen (secondary N) is 1. The maximum atomic E-state index is 12.1. The molecule has 1 aromatic heterocycles. The van der Waals surface area contributed by atoms with Gasteiger partial charge in [0.2, 0.25) is 0 Å². The van der Waals surface area contributed by atoms with E-state index in [1.165, 1.54) is 23.1 Å². The van der Waals surface area contributed by atoms with Crippen LogP contribution in [0.2, 0.25) is 0 Å². The molecule has 166 valence electrons. The van der Waals surface area contributed by atoms with E-state index >= 15 is 0 Å². The van der Waals surface area contributed by atoms with Gasteiger partial charge in [0.1, 0.15) is 12.4 Å². The van der Waals surface area contributed by atoms with Crippen LogP contribution >= 0.6 is 39.0 Å². The highest BCUT2D eigenvalue weighted by Gasteiger charge is 2.07. The van der Waals surface area contributed by atoms with E-state index in [0.717, 1.165) is 36.9 Å². The summed E-state index contributed by atoms with van der Waals surface area (Å²) in [6.07, 6.45) is 1.61. The monoisotopic (exact) mass is 537 g/mol. The summed E-state index contributed by atoms with van der Waals surface area (Å²) in [5.74, 6) is 0.842. The number of aromatic nitrogens is 1. The standard InChI is InChI=1S/C25H20BrN3O2S2/c26-21-8-4-5-19(13-21)15-31-22-11-9-18(10-12-22)14-27-29-24(30)17-33-25-28-23(16-32-25)20-6-2-1-3-7-20/h1-14,16H,15,17H2,(H,29,30)/b27-14+. The first kappa shape index (κ1) is 23.2. The molecule has 0 fully saturated rings. The number of benzene rings is 3. The molecular formula is C25H20BrN3O2S2. The zero-order valence-electron chi connectivity index (χ0n) is 17.5. The molecule has 0 atom stereocenters. The summed E-state index contributed by atoms with van der Waals surface area (Å²) in [6.45, 7) is 0.493. The second-order valence-corrected chi connectivity index (χ2v) is 9.93.